The Bertz CT molecular complexity index is 717. The van der Waals surface area contributed by atoms with E-state index in [1.165, 1.54) is 12.1 Å². The molecule has 0 saturated heterocycles. The van der Waals surface area contributed by atoms with Gasteiger partial charge >= 0.3 is 0 Å². The fourth-order valence-corrected chi connectivity index (χ4v) is 1.88. The van der Waals surface area contributed by atoms with Crippen LogP contribution in [0.4, 0.5) is 4.39 Å². The lowest BCUT2D eigenvalue weighted by Crippen LogP contribution is -2.19. The fourth-order valence-electron chi connectivity index (χ4n) is 1.69. The van der Waals surface area contributed by atoms with Gasteiger partial charge in [0, 0.05) is 16.1 Å². The average Bonchev–Trinajstić information content (AvgIpc) is 2.47. The molecule has 0 unspecified atom stereocenters. The van der Waals surface area contributed by atoms with E-state index in [-0.39, 0.29) is 17.0 Å². The second kappa shape index (κ2) is 6.37. The van der Waals surface area contributed by atoms with Gasteiger partial charge in [0.15, 0.2) is 0 Å². The third-order valence-electron chi connectivity index (χ3n) is 2.76. The molecule has 2 N–H and O–H groups in total. The zero-order chi connectivity index (χ0) is 15.4. The van der Waals surface area contributed by atoms with Crippen LogP contribution in [0.5, 0.6) is 5.75 Å². The summed E-state index contributed by atoms with van der Waals surface area (Å²) in [4.78, 5) is 11.9. The van der Waals surface area contributed by atoms with E-state index < -0.39 is 11.7 Å². The van der Waals surface area contributed by atoms with Gasteiger partial charge in [0.05, 0.1) is 5.71 Å². The molecule has 108 valence electrons. The first-order valence-electron chi connectivity index (χ1n) is 6.06. The lowest BCUT2D eigenvalue weighted by atomic mass is 10.1. The molecule has 0 aliphatic heterocycles. The Kier molecular flexibility index (Phi) is 4.55. The molecule has 0 aliphatic rings. The Morgan fingerprint density at radius 2 is 2.05 bits per heavy atom. The highest BCUT2D eigenvalue weighted by molar-refractivity contribution is 6.30. The molecule has 0 heterocycles. The van der Waals surface area contributed by atoms with Crippen molar-refractivity contribution in [1.29, 1.82) is 0 Å². The van der Waals surface area contributed by atoms with Gasteiger partial charge in [-0.1, -0.05) is 17.7 Å². The fraction of sp³-hybridized carbons (Fsp3) is 0.0667. The number of hydrogen-bond donors (Lipinski definition) is 2. The van der Waals surface area contributed by atoms with Crippen molar-refractivity contribution in [3.05, 3.63) is 64.4 Å². The molecule has 0 bridgehead atoms. The summed E-state index contributed by atoms with van der Waals surface area (Å²) < 4.78 is 13.1. The van der Waals surface area contributed by atoms with Gasteiger partial charge in [0.25, 0.3) is 5.91 Å². The molecule has 1 amide bonds. The average molecular weight is 307 g/mol. The monoisotopic (exact) mass is 306 g/mol. The van der Waals surface area contributed by atoms with Crippen molar-refractivity contribution in [2.45, 2.75) is 6.92 Å². The van der Waals surface area contributed by atoms with Crippen molar-refractivity contribution in [3.63, 3.8) is 0 Å². The van der Waals surface area contributed by atoms with E-state index in [0.29, 0.717) is 10.6 Å². The summed E-state index contributed by atoms with van der Waals surface area (Å²) in [5.41, 5.74) is 3.17. The van der Waals surface area contributed by atoms with Crippen LogP contribution >= 0.6 is 11.6 Å². The summed E-state index contributed by atoms with van der Waals surface area (Å²) in [5, 5.41) is 13.9. The number of hydrogen-bond acceptors (Lipinski definition) is 3. The molecule has 0 atom stereocenters. The minimum absolute atomic E-state index is 0.116. The highest BCUT2D eigenvalue weighted by atomic mass is 35.5. The third-order valence-corrected chi connectivity index (χ3v) is 3.00. The Labute approximate surface area is 125 Å². The van der Waals surface area contributed by atoms with E-state index in [4.69, 9.17) is 11.6 Å². The molecular formula is C15H12ClFN2O2. The van der Waals surface area contributed by atoms with E-state index >= 15 is 0 Å². The molecule has 0 saturated carbocycles. The van der Waals surface area contributed by atoms with E-state index in [0.717, 1.165) is 12.1 Å². The largest absolute Gasteiger partial charge is 0.507 e. The number of phenolic OH excluding ortho intramolecular Hbond substituents is 1. The van der Waals surface area contributed by atoms with Crippen LogP contribution in [0.3, 0.4) is 0 Å². The summed E-state index contributed by atoms with van der Waals surface area (Å²) in [5.74, 6) is -1.07. The molecule has 0 aromatic heterocycles. The number of nitrogens with zero attached hydrogens (tertiary/aromatic N) is 1. The highest BCUT2D eigenvalue weighted by Crippen LogP contribution is 2.18. The first kappa shape index (κ1) is 15.0. The molecule has 2 aromatic rings. The molecule has 2 rings (SSSR count). The Morgan fingerprint density at radius 1 is 1.29 bits per heavy atom. The van der Waals surface area contributed by atoms with Gasteiger partial charge in [-0.25, -0.2) is 9.82 Å². The second-order valence-electron chi connectivity index (χ2n) is 4.31. The third kappa shape index (κ3) is 3.79. The van der Waals surface area contributed by atoms with Crippen molar-refractivity contribution >= 4 is 23.2 Å². The normalized spacial score (nSPS) is 11.3. The SMILES string of the molecule is C/C(=N\NC(=O)c1cccc(Cl)c1)c1cc(F)ccc1O. The number of carbonyl (C=O) groups excluding carboxylic acids is 1. The number of amides is 1. The quantitative estimate of drug-likeness (QED) is 0.675. The summed E-state index contributed by atoms with van der Waals surface area (Å²) in [6.45, 7) is 1.55. The Balaban J connectivity index is 2.17. The van der Waals surface area contributed by atoms with Crippen molar-refractivity contribution < 1.29 is 14.3 Å². The van der Waals surface area contributed by atoms with E-state index in [2.05, 4.69) is 10.5 Å². The van der Waals surface area contributed by atoms with Gasteiger partial charge in [-0.3, -0.25) is 4.79 Å². The van der Waals surface area contributed by atoms with Crippen molar-refractivity contribution in [1.82, 2.24) is 5.43 Å². The lowest BCUT2D eigenvalue weighted by molar-refractivity contribution is 0.0955. The van der Waals surface area contributed by atoms with Crippen LogP contribution in [0.2, 0.25) is 5.02 Å². The number of hydrazone groups is 1. The topological polar surface area (TPSA) is 61.7 Å². The van der Waals surface area contributed by atoms with Crippen LogP contribution in [-0.2, 0) is 0 Å². The second-order valence-corrected chi connectivity index (χ2v) is 4.75. The first-order chi connectivity index (χ1) is 9.97. The number of nitrogens with one attached hydrogen (secondary N) is 1. The summed E-state index contributed by atoms with van der Waals surface area (Å²) in [6, 6.07) is 9.88. The number of aromatic hydroxyl groups is 1. The van der Waals surface area contributed by atoms with Crippen molar-refractivity contribution in [2.75, 3.05) is 0 Å². The molecular weight excluding hydrogens is 295 g/mol. The molecule has 0 radical (unpaired) electrons. The number of rotatable bonds is 3. The zero-order valence-electron chi connectivity index (χ0n) is 11.1. The minimum Gasteiger partial charge on any atom is -0.507 e. The molecule has 2 aromatic carbocycles. The predicted molar refractivity (Wildman–Crippen MR) is 79.2 cm³/mol. The van der Waals surface area contributed by atoms with Crippen LogP contribution in [0.15, 0.2) is 47.6 Å². The Morgan fingerprint density at radius 3 is 2.76 bits per heavy atom. The van der Waals surface area contributed by atoms with E-state index in [1.54, 1.807) is 25.1 Å². The van der Waals surface area contributed by atoms with Gasteiger partial charge in [0.1, 0.15) is 11.6 Å². The number of phenols is 1. The first-order valence-corrected chi connectivity index (χ1v) is 6.44. The zero-order valence-corrected chi connectivity index (χ0v) is 11.9. The van der Waals surface area contributed by atoms with Gasteiger partial charge in [-0.15, -0.1) is 0 Å². The summed E-state index contributed by atoms with van der Waals surface area (Å²) in [6.07, 6.45) is 0. The van der Waals surface area contributed by atoms with Crippen LogP contribution in [-0.4, -0.2) is 16.7 Å². The lowest BCUT2D eigenvalue weighted by Gasteiger charge is -2.05. The molecule has 21 heavy (non-hydrogen) atoms. The van der Waals surface area contributed by atoms with Gasteiger partial charge in [-0.05, 0) is 43.3 Å². The van der Waals surface area contributed by atoms with Crippen molar-refractivity contribution in [2.24, 2.45) is 5.10 Å². The molecule has 0 fully saturated rings. The minimum atomic E-state index is -0.501. The number of benzene rings is 2. The van der Waals surface area contributed by atoms with E-state index in [1.807, 2.05) is 0 Å². The number of carbonyl (C=O) groups is 1. The molecule has 0 spiro atoms. The maximum absolute atomic E-state index is 13.1. The van der Waals surface area contributed by atoms with Gasteiger partial charge in [-0.2, -0.15) is 5.10 Å². The van der Waals surface area contributed by atoms with Crippen molar-refractivity contribution in [3.8, 4) is 5.75 Å². The number of halogens is 2. The van der Waals surface area contributed by atoms with Gasteiger partial charge < -0.3 is 5.11 Å². The highest BCUT2D eigenvalue weighted by Gasteiger charge is 2.08. The van der Waals surface area contributed by atoms with Gasteiger partial charge in [0.2, 0.25) is 0 Å². The maximum Gasteiger partial charge on any atom is 0.271 e. The Hall–Kier alpha value is -2.40. The molecule has 4 nitrogen and oxygen atoms in total. The summed E-state index contributed by atoms with van der Waals surface area (Å²) in [7, 11) is 0. The predicted octanol–water partition coefficient (Wildman–Crippen LogP) is 3.34. The standard InChI is InChI=1S/C15H12ClFN2O2/c1-9(13-8-12(17)5-6-14(13)20)18-19-15(21)10-3-2-4-11(16)7-10/h2-8,20H,1H3,(H,19,21)/b18-9+. The van der Waals surface area contributed by atoms with Crippen LogP contribution in [0.25, 0.3) is 0 Å². The summed E-state index contributed by atoms with van der Waals surface area (Å²) >= 11 is 5.80. The maximum atomic E-state index is 13.1. The smallest absolute Gasteiger partial charge is 0.271 e. The van der Waals surface area contributed by atoms with E-state index in [9.17, 15) is 14.3 Å². The molecule has 6 heteroatoms. The van der Waals surface area contributed by atoms with Crippen LogP contribution < -0.4 is 5.43 Å². The van der Waals surface area contributed by atoms with Crippen LogP contribution in [0.1, 0.15) is 22.8 Å². The molecule has 0 aliphatic carbocycles. The van der Waals surface area contributed by atoms with Crippen LogP contribution in [0, 0.1) is 5.82 Å².